The summed E-state index contributed by atoms with van der Waals surface area (Å²) in [7, 11) is 1.97. The molecule has 0 spiro atoms. The number of benzene rings is 2. The molecule has 1 unspecified atom stereocenters. The highest BCUT2D eigenvalue weighted by molar-refractivity contribution is 5.88. The Morgan fingerprint density at radius 2 is 1.90 bits per heavy atom. The molecule has 1 N–H and O–H groups in total. The Kier molecular flexibility index (Phi) is 3.35. The molecule has 1 amide bonds. The van der Waals surface area contributed by atoms with Crippen LogP contribution >= 0.6 is 0 Å². The van der Waals surface area contributed by atoms with E-state index in [0.717, 1.165) is 18.5 Å². The van der Waals surface area contributed by atoms with Crippen molar-refractivity contribution in [1.29, 1.82) is 0 Å². The summed E-state index contributed by atoms with van der Waals surface area (Å²) in [5, 5.41) is 5.48. The maximum absolute atomic E-state index is 12.1. The quantitative estimate of drug-likeness (QED) is 0.924. The number of carbonyl (C=O) groups is 1. The molecule has 3 nitrogen and oxygen atoms in total. The monoisotopic (exact) mass is 268 g/mol. The molecular weight excluding hydrogens is 248 g/mol. The van der Waals surface area contributed by atoms with Crippen LogP contribution in [0.5, 0.6) is 0 Å². The number of hydrogen-bond donors (Lipinski definition) is 1. The van der Waals surface area contributed by atoms with Gasteiger partial charge in [-0.25, -0.2) is 0 Å². The minimum absolute atomic E-state index is 0.114. The van der Waals surface area contributed by atoms with E-state index in [1.165, 1.54) is 10.8 Å². The molecule has 2 aromatic rings. The van der Waals surface area contributed by atoms with Gasteiger partial charge in [0, 0.05) is 18.8 Å². The number of nitrogens with one attached hydrogen (secondary N) is 1. The lowest BCUT2D eigenvalue weighted by Gasteiger charge is -2.26. The van der Waals surface area contributed by atoms with Crippen molar-refractivity contribution in [3.05, 3.63) is 42.5 Å². The topological polar surface area (TPSA) is 32.3 Å². The average molecular weight is 268 g/mol. The second-order valence-electron chi connectivity index (χ2n) is 5.60. The molecule has 1 fully saturated rings. The zero-order chi connectivity index (χ0) is 14.1. The van der Waals surface area contributed by atoms with Gasteiger partial charge in [-0.1, -0.05) is 30.3 Å². The molecule has 1 atom stereocenters. The first-order valence-corrected chi connectivity index (χ1v) is 7.17. The van der Waals surface area contributed by atoms with Gasteiger partial charge >= 0.3 is 0 Å². The number of carbonyl (C=O) groups excluding carboxylic acids is 1. The van der Waals surface area contributed by atoms with Gasteiger partial charge in [-0.15, -0.1) is 0 Å². The van der Waals surface area contributed by atoms with Crippen LogP contribution in [0, 0.1) is 0 Å². The van der Waals surface area contributed by atoms with Crippen molar-refractivity contribution in [2.75, 3.05) is 11.9 Å². The van der Waals surface area contributed by atoms with Gasteiger partial charge in [0.1, 0.15) is 6.04 Å². The maximum atomic E-state index is 12.1. The molecule has 0 radical (unpaired) electrons. The van der Waals surface area contributed by atoms with Crippen molar-refractivity contribution in [2.45, 2.75) is 31.8 Å². The molecule has 3 heteroatoms. The van der Waals surface area contributed by atoms with Crippen LogP contribution in [0.15, 0.2) is 42.5 Å². The van der Waals surface area contributed by atoms with Gasteiger partial charge in [-0.05, 0) is 42.7 Å². The minimum atomic E-state index is -0.156. The summed E-state index contributed by atoms with van der Waals surface area (Å²) >= 11 is 0. The highest BCUT2D eigenvalue weighted by Crippen LogP contribution is 2.23. The van der Waals surface area contributed by atoms with Crippen LogP contribution in [0.1, 0.15) is 19.8 Å². The first-order chi connectivity index (χ1) is 9.65. The van der Waals surface area contributed by atoms with Crippen molar-refractivity contribution in [3.63, 3.8) is 0 Å². The van der Waals surface area contributed by atoms with E-state index in [1.54, 1.807) is 0 Å². The molecule has 2 aromatic carbocycles. The molecule has 20 heavy (non-hydrogen) atoms. The van der Waals surface area contributed by atoms with Crippen LogP contribution < -0.4 is 10.2 Å². The number of nitrogens with zero attached hydrogens (tertiary/aromatic N) is 1. The van der Waals surface area contributed by atoms with Crippen LogP contribution in [-0.4, -0.2) is 25.0 Å². The normalized spacial score (nSPS) is 15.9. The third kappa shape index (κ3) is 2.62. The van der Waals surface area contributed by atoms with Crippen LogP contribution in [0.3, 0.4) is 0 Å². The molecular formula is C17H20N2O. The number of rotatable bonds is 4. The molecule has 104 valence electrons. The van der Waals surface area contributed by atoms with Gasteiger partial charge < -0.3 is 10.2 Å². The molecule has 0 aromatic heterocycles. The Balaban J connectivity index is 1.79. The predicted molar refractivity (Wildman–Crippen MR) is 83.0 cm³/mol. The maximum Gasteiger partial charge on any atom is 0.242 e. The van der Waals surface area contributed by atoms with E-state index in [1.807, 2.05) is 31.0 Å². The number of anilines is 1. The summed E-state index contributed by atoms with van der Waals surface area (Å²) in [6.07, 6.45) is 2.25. The van der Waals surface area contributed by atoms with Gasteiger partial charge in [0.15, 0.2) is 0 Å². The van der Waals surface area contributed by atoms with Crippen molar-refractivity contribution < 1.29 is 4.79 Å². The van der Waals surface area contributed by atoms with Crippen LogP contribution in [0.2, 0.25) is 0 Å². The van der Waals surface area contributed by atoms with E-state index in [9.17, 15) is 4.79 Å². The fourth-order valence-corrected chi connectivity index (χ4v) is 2.35. The largest absolute Gasteiger partial charge is 0.363 e. The molecule has 1 saturated carbocycles. The van der Waals surface area contributed by atoms with E-state index in [4.69, 9.17) is 0 Å². The summed E-state index contributed by atoms with van der Waals surface area (Å²) in [5.41, 5.74) is 1.07. The van der Waals surface area contributed by atoms with Gasteiger partial charge in [0.2, 0.25) is 5.91 Å². The van der Waals surface area contributed by atoms with Crippen LogP contribution in [-0.2, 0) is 4.79 Å². The van der Waals surface area contributed by atoms with Crippen molar-refractivity contribution in [1.82, 2.24) is 5.32 Å². The van der Waals surface area contributed by atoms with Gasteiger partial charge in [0.05, 0.1) is 0 Å². The Morgan fingerprint density at radius 3 is 2.60 bits per heavy atom. The highest BCUT2D eigenvalue weighted by Gasteiger charge is 2.27. The van der Waals surface area contributed by atoms with E-state index in [2.05, 4.69) is 35.6 Å². The molecule has 0 heterocycles. The number of hydrogen-bond acceptors (Lipinski definition) is 2. The van der Waals surface area contributed by atoms with Gasteiger partial charge in [-0.3, -0.25) is 4.79 Å². The van der Waals surface area contributed by atoms with Crippen molar-refractivity contribution >= 4 is 22.4 Å². The third-order valence-corrected chi connectivity index (χ3v) is 4.02. The lowest BCUT2D eigenvalue weighted by molar-refractivity contribution is -0.122. The first-order valence-electron chi connectivity index (χ1n) is 7.17. The number of likely N-dealkylation sites (N-methyl/N-ethyl adjacent to an activating group) is 1. The molecule has 0 aliphatic heterocycles. The van der Waals surface area contributed by atoms with Crippen molar-refractivity contribution in [3.8, 4) is 0 Å². The van der Waals surface area contributed by atoms with E-state index in [-0.39, 0.29) is 11.9 Å². The first kappa shape index (κ1) is 13.0. The molecule has 0 bridgehead atoms. The predicted octanol–water partition coefficient (Wildman–Crippen LogP) is 2.94. The lowest BCUT2D eigenvalue weighted by atomic mass is 10.1. The molecule has 1 aliphatic carbocycles. The molecule has 0 saturated heterocycles. The fourth-order valence-electron chi connectivity index (χ4n) is 2.35. The summed E-state index contributed by atoms with van der Waals surface area (Å²) in [5.74, 6) is 0.114. The zero-order valence-electron chi connectivity index (χ0n) is 12.0. The summed E-state index contributed by atoms with van der Waals surface area (Å²) < 4.78 is 0. The molecule has 3 rings (SSSR count). The second kappa shape index (κ2) is 5.16. The summed E-state index contributed by atoms with van der Waals surface area (Å²) in [6.45, 7) is 1.95. The Bertz CT molecular complexity index is 634. The van der Waals surface area contributed by atoms with Gasteiger partial charge in [0.25, 0.3) is 0 Å². The summed E-state index contributed by atoms with van der Waals surface area (Å²) in [6, 6.07) is 14.8. The Labute approximate surface area is 119 Å². The van der Waals surface area contributed by atoms with E-state index < -0.39 is 0 Å². The van der Waals surface area contributed by atoms with Crippen LogP contribution in [0.4, 0.5) is 5.69 Å². The third-order valence-electron chi connectivity index (χ3n) is 4.02. The summed E-state index contributed by atoms with van der Waals surface area (Å²) in [4.78, 5) is 14.2. The van der Waals surface area contributed by atoms with E-state index in [0.29, 0.717) is 6.04 Å². The number of amides is 1. The van der Waals surface area contributed by atoms with Crippen LogP contribution in [0.25, 0.3) is 10.8 Å². The Morgan fingerprint density at radius 1 is 1.20 bits per heavy atom. The number of fused-ring (bicyclic) bond motifs is 1. The highest BCUT2D eigenvalue weighted by atomic mass is 16.2. The zero-order valence-corrected chi connectivity index (χ0v) is 12.0. The van der Waals surface area contributed by atoms with E-state index >= 15 is 0 Å². The lowest BCUT2D eigenvalue weighted by Crippen LogP contribution is -2.44. The average Bonchev–Trinajstić information content (AvgIpc) is 3.29. The fraction of sp³-hybridized carbons (Fsp3) is 0.353. The SMILES string of the molecule is CC(C(=O)NC1CC1)N(C)c1ccc2ccccc2c1. The van der Waals surface area contributed by atoms with Gasteiger partial charge in [-0.2, -0.15) is 0 Å². The minimum Gasteiger partial charge on any atom is -0.363 e. The standard InChI is InChI=1S/C17H20N2O/c1-12(17(20)18-15-8-9-15)19(2)16-10-7-13-5-3-4-6-14(13)11-16/h3-7,10-12,15H,8-9H2,1-2H3,(H,18,20). The second-order valence-corrected chi connectivity index (χ2v) is 5.60. The Hall–Kier alpha value is -2.03. The smallest absolute Gasteiger partial charge is 0.242 e. The van der Waals surface area contributed by atoms with Crippen molar-refractivity contribution in [2.24, 2.45) is 0 Å². The molecule has 1 aliphatic rings.